The summed E-state index contributed by atoms with van der Waals surface area (Å²) in [6.07, 6.45) is 2.80. The maximum absolute atomic E-state index is 10.6. The summed E-state index contributed by atoms with van der Waals surface area (Å²) >= 11 is 0. The maximum atomic E-state index is 10.6. The highest BCUT2D eigenvalue weighted by Gasteiger charge is 1.96. The fourth-order valence-electron chi connectivity index (χ4n) is 0.426. The van der Waals surface area contributed by atoms with Gasteiger partial charge < -0.3 is 0 Å². The topological polar surface area (TPSA) is 40.9 Å². The normalized spacial score (nSPS) is 10.0. The van der Waals surface area contributed by atoms with E-state index >= 15 is 0 Å². The Labute approximate surface area is 66.1 Å². The second-order valence-corrected chi connectivity index (χ2v) is 2.00. The number of carbonyl (C=O) groups is 1. The Balaban J connectivity index is 4.56. The molecule has 0 fully saturated rings. The van der Waals surface area contributed by atoms with Gasteiger partial charge in [-0.3, -0.25) is 4.79 Å². The third-order valence-electron chi connectivity index (χ3n) is 1.13. The molecule has 0 aromatic heterocycles. The summed E-state index contributed by atoms with van der Waals surface area (Å²) < 4.78 is 0. The van der Waals surface area contributed by atoms with E-state index < -0.39 is 0 Å². The van der Waals surface area contributed by atoms with Crippen molar-refractivity contribution in [2.45, 2.75) is 6.92 Å². The molecule has 11 heavy (non-hydrogen) atoms. The molecule has 0 aromatic carbocycles. The largest absolute Gasteiger partial charge is 0.295 e. The summed E-state index contributed by atoms with van der Waals surface area (Å²) in [5.41, 5.74) is 0.673. The summed E-state index contributed by atoms with van der Waals surface area (Å²) in [7, 11) is 0. The van der Waals surface area contributed by atoms with Gasteiger partial charge in [-0.05, 0) is 13.0 Å². The van der Waals surface area contributed by atoms with Crippen LogP contribution in [0.4, 0.5) is 0 Å². The number of carbonyl (C=O) groups excluding carboxylic acids is 1. The summed E-state index contributed by atoms with van der Waals surface area (Å²) in [6, 6.07) is 1.87. The molecule has 0 atom stereocenters. The number of ketones is 1. The minimum absolute atomic E-state index is 0.139. The van der Waals surface area contributed by atoms with Crippen LogP contribution in [0.5, 0.6) is 0 Å². The summed E-state index contributed by atoms with van der Waals surface area (Å²) in [5.74, 6) is -0.139. The Bertz CT molecular complexity index is 266. The van der Waals surface area contributed by atoms with Crippen molar-refractivity contribution in [1.29, 1.82) is 5.26 Å². The maximum Gasteiger partial charge on any atom is 0.159 e. The zero-order valence-corrected chi connectivity index (χ0v) is 6.42. The summed E-state index contributed by atoms with van der Waals surface area (Å²) in [4.78, 5) is 10.6. The minimum atomic E-state index is -0.139. The molecule has 0 rings (SSSR count). The van der Waals surface area contributed by atoms with Crippen LogP contribution in [0.15, 0.2) is 36.5 Å². The quantitative estimate of drug-likeness (QED) is 0.347. The molecule has 56 valence electrons. The molecule has 0 aliphatic carbocycles. The second-order valence-electron chi connectivity index (χ2n) is 2.00. The number of hydrogen-bond acceptors (Lipinski definition) is 2. The zero-order valence-electron chi connectivity index (χ0n) is 6.42. The highest BCUT2D eigenvalue weighted by Crippen LogP contribution is 2.01. The number of Topliss-reactive ketones (excluding diaryl/α,β-unsaturated/α-hetero) is 1. The van der Waals surface area contributed by atoms with Crippen LogP contribution in [-0.4, -0.2) is 5.78 Å². The third-order valence-corrected chi connectivity index (χ3v) is 1.13. The predicted octanol–water partition coefficient (Wildman–Crippen LogP) is 1.77. The van der Waals surface area contributed by atoms with E-state index in [4.69, 9.17) is 5.26 Å². The van der Waals surface area contributed by atoms with Gasteiger partial charge in [0.05, 0.1) is 11.6 Å². The van der Waals surface area contributed by atoms with Crippen LogP contribution in [0.2, 0.25) is 0 Å². The van der Waals surface area contributed by atoms with Gasteiger partial charge in [0, 0.05) is 5.57 Å². The van der Waals surface area contributed by atoms with Crippen LogP contribution in [0, 0.1) is 11.3 Å². The Kier molecular flexibility index (Phi) is 3.61. The Morgan fingerprint density at radius 2 is 2.18 bits per heavy atom. The summed E-state index contributed by atoms with van der Waals surface area (Å²) in [5, 5.41) is 8.41. The van der Waals surface area contributed by atoms with E-state index in [1.165, 1.54) is 19.1 Å². The first-order chi connectivity index (χ1) is 5.11. The number of rotatable bonds is 3. The van der Waals surface area contributed by atoms with Crippen molar-refractivity contribution in [1.82, 2.24) is 0 Å². The fraction of sp³-hybridized carbons (Fsp3) is 0.111. The van der Waals surface area contributed by atoms with Gasteiger partial charge in [0.15, 0.2) is 5.78 Å². The molecule has 0 bridgehead atoms. The van der Waals surface area contributed by atoms with E-state index in [0.717, 1.165) is 0 Å². The monoisotopic (exact) mass is 147 g/mol. The van der Waals surface area contributed by atoms with Crippen molar-refractivity contribution in [2.75, 3.05) is 0 Å². The average molecular weight is 147 g/mol. The van der Waals surface area contributed by atoms with Crippen LogP contribution in [0.1, 0.15) is 6.92 Å². The lowest BCUT2D eigenvalue weighted by Gasteiger charge is -1.90. The molecule has 0 N–H and O–H groups in total. The lowest BCUT2D eigenvalue weighted by atomic mass is 10.1. The van der Waals surface area contributed by atoms with E-state index in [-0.39, 0.29) is 5.78 Å². The first-order valence-electron chi connectivity index (χ1n) is 3.06. The van der Waals surface area contributed by atoms with Crippen molar-refractivity contribution in [3.63, 3.8) is 0 Å². The predicted molar refractivity (Wildman–Crippen MR) is 43.7 cm³/mol. The van der Waals surface area contributed by atoms with Crippen molar-refractivity contribution >= 4 is 5.78 Å². The van der Waals surface area contributed by atoms with E-state index in [1.54, 1.807) is 0 Å². The molecule has 0 amide bonds. The average Bonchev–Trinajstić information content (AvgIpc) is 1.99. The number of nitrogens with zero attached hydrogens (tertiary/aromatic N) is 1. The number of allylic oxidation sites excluding steroid dienone is 4. The van der Waals surface area contributed by atoms with Crippen LogP contribution in [-0.2, 0) is 4.79 Å². The van der Waals surface area contributed by atoms with Crippen molar-refractivity contribution < 1.29 is 4.79 Å². The zero-order chi connectivity index (χ0) is 8.85. The molecule has 2 nitrogen and oxygen atoms in total. The van der Waals surface area contributed by atoms with Gasteiger partial charge in [-0.1, -0.05) is 19.2 Å². The first-order valence-corrected chi connectivity index (χ1v) is 3.06. The van der Waals surface area contributed by atoms with Gasteiger partial charge in [0.2, 0.25) is 0 Å². The molecule has 0 aliphatic rings. The smallest absolute Gasteiger partial charge is 0.159 e. The first kappa shape index (κ1) is 9.38. The van der Waals surface area contributed by atoms with Gasteiger partial charge in [-0.2, -0.15) is 5.26 Å². The van der Waals surface area contributed by atoms with E-state index in [2.05, 4.69) is 13.2 Å². The minimum Gasteiger partial charge on any atom is -0.295 e. The Morgan fingerprint density at radius 3 is 2.45 bits per heavy atom. The van der Waals surface area contributed by atoms with Gasteiger partial charge in [-0.15, -0.1) is 0 Å². The second kappa shape index (κ2) is 4.24. The van der Waals surface area contributed by atoms with Crippen molar-refractivity contribution in [3.8, 4) is 6.07 Å². The van der Waals surface area contributed by atoms with Gasteiger partial charge in [-0.25, -0.2) is 0 Å². The number of nitriles is 1. The molecule has 0 heterocycles. The van der Waals surface area contributed by atoms with Crippen LogP contribution in [0.25, 0.3) is 0 Å². The van der Waals surface area contributed by atoms with Crippen molar-refractivity contribution in [2.24, 2.45) is 0 Å². The highest BCUT2D eigenvalue weighted by atomic mass is 16.1. The van der Waals surface area contributed by atoms with E-state index in [1.807, 2.05) is 6.07 Å². The molecule has 0 radical (unpaired) electrons. The van der Waals surface area contributed by atoms with Crippen LogP contribution >= 0.6 is 0 Å². The van der Waals surface area contributed by atoms with Gasteiger partial charge in [0.1, 0.15) is 0 Å². The molecular weight excluding hydrogens is 138 g/mol. The van der Waals surface area contributed by atoms with Crippen LogP contribution in [0.3, 0.4) is 0 Å². The molecular formula is C9H9NO. The SMILES string of the molecule is C=C/C(C#N)=C\C(=C)C(C)=O. The highest BCUT2D eigenvalue weighted by molar-refractivity contribution is 5.95. The number of hydrogen-bond donors (Lipinski definition) is 0. The molecule has 0 saturated carbocycles. The molecule has 0 aromatic rings. The van der Waals surface area contributed by atoms with Gasteiger partial charge >= 0.3 is 0 Å². The molecule has 0 saturated heterocycles. The van der Waals surface area contributed by atoms with E-state index in [0.29, 0.717) is 11.1 Å². The van der Waals surface area contributed by atoms with Gasteiger partial charge in [0.25, 0.3) is 0 Å². The fourth-order valence-corrected chi connectivity index (χ4v) is 0.426. The van der Waals surface area contributed by atoms with Crippen LogP contribution < -0.4 is 0 Å². The lowest BCUT2D eigenvalue weighted by molar-refractivity contribution is -0.113. The standard InChI is InChI=1S/C9H9NO/c1-4-9(6-10)5-7(2)8(3)11/h4-5H,1-2H2,3H3/b9-5+. The molecule has 2 heteroatoms. The molecule has 0 unspecified atom stereocenters. The van der Waals surface area contributed by atoms with E-state index in [9.17, 15) is 4.79 Å². The lowest BCUT2D eigenvalue weighted by Crippen LogP contribution is -1.91. The third kappa shape index (κ3) is 3.17. The molecule has 0 aliphatic heterocycles. The Morgan fingerprint density at radius 1 is 1.64 bits per heavy atom. The molecule has 0 spiro atoms. The van der Waals surface area contributed by atoms with Crippen molar-refractivity contribution in [3.05, 3.63) is 36.5 Å². The Hall–Kier alpha value is -1.62. The summed E-state index contributed by atoms with van der Waals surface area (Å²) in [6.45, 7) is 8.27.